The van der Waals surface area contributed by atoms with Crippen LogP contribution in [0.5, 0.6) is 0 Å². The Morgan fingerprint density at radius 3 is 2.74 bits per heavy atom. The van der Waals surface area contributed by atoms with Gasteiger partial charge in [-0.15, -0.1) is 11.3 Å². The minimum absolute atomic E-state index is 0.0470. The molecule has 3 N–H and O–H groups in total. The fraction of sp³-hybridized carbons (Fsp3) is 0.667. The van der Waals surface area contributed by atoms with Crippen LogP contribution in [0.15, 0.2) is 12.1 Å². The van der Waals surface area contributed by atoms with Crippen molar-refractivity contribution in [3.8, 4) is 0 Å². The Balaban J connectivity index is 1.95. The van der Waals surface area contributed by atoms with Gasteiger partial charge in [0.05, 0.1) is 4.88 Å². The molecule has 0 aromatic carbocycles. The summed E-state index contributed by atoms with van der Waals surface area (Å²) in [5, 5.41) is 3.14. The lowest BCUT2D eigenvalue weighted by molar-refractivity contribution is 0.0919. The molecular formula is C15H24N2OS. The first kappa shape index (κ1) is 14.5. The maximum absolute atomic E-state index is 12.2. The van der Waals surface area contributed by atoms with Gasteiger partial charge in [-0.05, 0) is 37.3 Å². The zero-order chi connectivity index (χ0) is 13.7. The number of carbonyl (C=O) groups is 1. The van der Waals surface area contributed by atoms with E-state index in [-0.39, 0.29) is 11.9 Å². The summed E-state index contributed by atoms with van der Waals surface area (Å²) in [4.78, 5) is 14.3. The van der Waals surface area contributed by atoms with Gasteiger partial charge in [0.1, 0.15) is 0 Å². The Labute approximate surface area is 119 Å². The first-order valence-corrected chi connectivity index (χ1v) is 8.16. The molecule has 19 heavy (non-hydrogen) atoms. The van der Waals surface area contributed by atoms with E-state index in [0.29, 0.717) is 12.5 Å². The largest absolute Gasteiger partial charge is 0.347 e. The number of aryl methyl sites for hydroxylation is 1. The second-order valence-corrected chi connectivity index (χ2v) is 6.50. The lowest BCUT2D eigenvalue weighted by atomic mass is 9.84. The average molecular weight is 280 g/mol. The molecule has 0 radical (unpaired) electrons. The summed E-state index contributed by atoms with van der Waals surface area (Å²) >= 11 is 1.59. The fourth-order valence-electron chi connectivity index (χ4n) is 2.84. The van der Waals surface area contributed by atoms with Crippen molar-refractivity contribution < 1.29 is 4.79 Å². The monoisotopic (exact) mass is 280 g/mol. The molecule has 1 aromatic heterocycles. The molecular weight excluding hydrogens is 256 g/mol. The first-order valence-electron chi connectivity index (χ1n) is 7.34. The molecule has 2 rings (SSSR count). The molecule has 106 valence electrons. The van der Waals surface area contributed by atoms with Crippen LogP contribution in [0.2, 0.25) is 0 Å². The van der Waals surface area contributed by atoms with E-state index < -0.39 is 0 Å². The molecule has 1 amide bonds. The number of nitrogens with one attached hydrogen (secondary N) is 1. The van der Waals surface area contributed by atoms with E-state index in [0.717, 1.165) is 11.3 Å². The van der Waals surface area contributed by atoms with Crippen LogP contribution in [0.25, 0.3) is 0 Å². The van der Waals surface area contributed by atoms with Crippen molar-refractivity contribution >= 4 is 17.2 Å². The Kier molecular flexibility index (Phi) is 5.40. The molecule has 1 aliphatic rings. The molecule has 4 heteroatoms. The Morgan fingerprint density at radius 2 is 2.16 bits per heavy atom. The van der Waals surface area contributed by atoms with Gasteiger partial charge in [0, 0.05) is 17.5 Å². The maximum atomic E-state index is 12.2. The highest BCUT2D eigenvalue weighted by Crippen LogP contribution is 2.26. The number of hydrogen-bond donors (Lipinski definition) is 2. The molecule has 0 bridgehead atoms. The predicted molar refractivity (Wildman–Crippen MR) is 80.6 cm³/mol. The van der Waals surface area contributed by atoms with Crippen LogP contribution < -0.4 is 11.1 Å². The van der Waals surface area contributed by atoms with E-state index in [9.17, 15) is 4.79 Å². The van der Waals surface area contributed by atoms with Crippen LogP contribution in [0.1, 0.15) is 53.6 Å². The van der Waals surface area contributed by atoms with Crippen LogP contribution >= 0.6 is 11.3 Å². The highest BCUT2D eigenvalue weighted by atomic mass is 32.1. The van der Waals surface area contributed by atoms with E-state index >= 15 is 0 Å². The number of thiophene rings is 1. The molecule has 1 atom stereocenters. The smallest absolute Gasteiger partial charge is 0.261 e. The second-order valence-electron chi connectivity index (χ2n) is 5.33. The Bertz CT molecular complexity index is 410. The number of hydrogen-bond acceptors (Lipinski definition) is 3. The van der Waals surface area contributed by atoms with Crippen molar-refractivity contribution in [1.82, 2.24) is 5.32 Å². The number of carbonyl (C=O) groups excluding carboxylic acids is 1. The van der Waals surface area contributed by atoms with E-state index in [1.165, 1.54) is 37.0 Å². The zero-order valence-electron chi connectivity index (χ0n) is 11.7. The second kappa shape index (κ2) is 7.06. The maximum Gasteiger partial charge on any atom is 0.261 e. The first-order chi connectivity index (χ1) is 9.24. The van der Waals surface area contributed by atoms with Crippen molar-refractivity contribution in [2.24, 2.45) is 11.7 Å². The molecule has 1 fully saturated rings. The van der Waals surface area contributed by atoms with Crippen molar-refractivity contribution in [2.45, 2.75) is 51.5 Å². The number of amides is 1. The molecule has 1 saturated carbocycles. The van der Waals surface area contributed by atoms with Gasteiger partial charge in [0.2, 0.25) is 0 Å². The summed E-state index contributed by atoms with van der Waals surface area (Å²) < 4.78 is 0. The van der Waals surface area contributed by atoms with Crippen molar-refractivity contribution in [2.75, 3.05) is 6.54 Å². The number of rotatable bonds is 5. The summed E-state index contributed by atoms with van der Waals surface area (Å²) in [6.45, 7) is 2.65. The van der Waals surface area contributed by atoms with Gasteiger partial charge in [-0.2, -0.15) is 0 Å². The van der Waals surface area contributed by atoms with E-state index in [4.69, 9.17) is 5.73 Å². The minimum Gasteiger partial charge on any atom is -0.347 e. The van der Waals surface area contributed by atoms with Crippen LogP contribution in [0.3, 0.4) is 0 Å². The van der Waals surface area contributed by atoms with E-state index in [1.54, 1.807) is 11.3 Å². The normalized spacial score (nSPS) is 18.2. The summed E-state index contributed by atoms with van der Waals surface area (Å²) in [5.41, 5.74) is 5.85. The quantitative estimate of drug-likeness (QED) is 0.871. The van der Waals surface area contributed by atoms with Gasteiger partial charge in [0.25, 0.3) is 5.91 Å². The highest BCUT2D eigenvalue weighted by Gasteiger charge is 2.24. The third-order valence-electron chi connectivity index (χ3n) is 4.02. The summed E-state index contributed by atoms with van der Waals surface area (Å²) in [7, 11) is 0. The molecule has 1 aliphatic carbocycles. The molecule has 0 aliphatic heterocycles. The van der Waals surface area contributed by atoms with Crippen LogP contribution in [-0.2, 0) is 6.42 Å². The SMILES string of the molecule is CCc1ccc(C(=O)NC(CN)C2CCCCC2)s1. The van der Waals surface area contributed by atoms with Crippen LogP contribution in [0, 0.1) is 5.92 Å². The van der Waals surface area contributed by atoms with Crippen molar-refractivity contribution in [3.05, 3.63) is 21.9 Å². The topological polar surface area (TPSA) is 55.1 Å². The highest BCUT2D eigenvalue weighted by molar-refractivity contribution is 7.14. The van der Waals surface area contributed by atoms with Gasteiger partial charge < -0.3 is 11.1 Å². The number of nitrogens with two attached hydrogens (primary N) is 1. The molecule has 1 heterocycles. The predicted octanol–water partition coefficient (Wildman–Crippen LogP) is 2.95. The van der Waals surface area contributed by atoms with Crippen molar-refractivity contribution in [3.63, 3.8) is 0 Å². The molecule has 1 aromatic rings. The standard InChI is InChI=1S/C15H24N2OS/c1-2-12-8-9-14(19-12)15(18)17-13(10-16)11-6-4-3-5-7-11/h8-9,11,13H,2-7,10,16H2,1H3,(H,17,18). The molecule has 3 nitrogen and oxygen atoms in total. The average Bonchev–Trinajstić information content (AvgIpc) is 2.94. The van der Waals surface area contributed by atoms with Crippen LogP contribution in [0.4, 0.5) is 0 Å². The Hall–Kier alpha value is -0.870. The minimum atomic E-state index is 0.0470. The van der Waals surface area contributed by atoms with Gasteiger partial charge in [-0.3, -0.25) is 4.79 Å². The van der Waals surface area contributed by atoms with Gasteiger partial charge >= 0.3 is 0 Å². The third-order valence-corrected chi connectivity index (χ3v) is 5.25. The van der Waals surface area contributed by atoms with Gasteiger partial charge in [-0.1, -0.05) is 26.2 Å². The summed E-state index contributed by atoms with van der Waals surface area (Å²) in [6, 6.07) is 4.10. The lowest BCUT2D eigenvalue weighted by Gasteiger charge is -2.29. The third kappa shape index (κ3) is 3.80. The Morgan fingerprint density at radius 1 is 1.42 bits per heavy atom. The lowest BCUT2D eigenvalue weighted by Crippen LogP contribution is -2.45. The summed E-state index contributed by atoms with van der Waals surface area (Å²) in [6.07, 6.45) is 7.26. The zero-order valence-corrected chi connectivity index (χ0v) is 12.5. The van der Waals surface area contributed by atoms with Crippen molar-refractivity contribution in [1.29, 1.82) is 0 Å². The van der Waals surface area contributed by atoms with E-state index in [1.807, 2.05) is 12.1 Å². The molecule has 1 unspecified atom stereocenters. The summed E-state index contributed by atoms with van der Waals surface area (Å²) in [5.74, 6) is 0.610. The van der Waals surface area contributed by atoms with Gasteiger partial charge in [0.15, 0.2) is 0 Å². The van der Waals surface area contributed by atoms with Gasteiger partial charge in [-0.25, -0.2) is 0 Å². The molecule has 0 spiro atoms. The van der Waals surface area contributed by atoms with Crippen LogP contribution in [-0.4, -0.2) is 18.5 Å². The fourth-order valence-corrected chi connectivity index (χ4v) is 3.69. The molecule has 0 saturated heterocycles. The van der Waals surface area contributed by atoms with E-state index in [2.05, 4.69) is 12.2 Å².